The number of alkyl halides is 3. The van der Waals surface area contributed by atoms with Gasteiger partial charge in [0.15, 0.2) is 11.5 Å². The Morgan fingerprint density at radius 1 is 1.40 bits per heavy atom. The van der Waals surface area contributed by atoms with E-state index in [1.807, 2.05) is 0 Å². The van der Waals surface area contributed by atoms with E-state index in [1.54, 1.807) is 0 Å². The lowest BCUT2D eigenvalue weighted by molar-refractivity contribution is -0.141. The maximum Gasteiger partial charge on any atom is 0.435 e. The molecule has 2 aromatic rings. The molecule has 0 aromatic carbocycles. The molecule has 2 heterocycles. The number of fused-ring (bicyclic) bond motifs is 1. The van der Waals surface area contributed by atoms with Crippen LogP contribution in [-0.4, -0.2) is 21.1 Å². The molecule has 2 aromatic heterocycles. The topological polar surface area (TPSA) is 42.2 Å². The average molecular weight is 284 g/mol. The molecule has 1 aliphatic rings. The van der Waals surface area contributed by atoms with Crippen LogP contribution in [0, 0.1) is 5.41 Å². The smallest absolute Gasteiger partial charge is 0.368 e. The number of nitrogens with zero attached hydrogens (tertiary/aromatic N) is 3. The highest BCUT2D eigenvalue weighted by Crippen LogP contribution is 2.40. The Kier molecular flexibility index (Phi) is 2.88. The summed E-state index contributed by atoms with van der Waals surface area (Å²) in [4.78, 5) is 4.12. The zero-order valence-electron chi connectivity index (χ0n) is 11.0. The van der Waals surface area contributed by atoms with Crippen molar-refractivity contribution in [3.8, 4) is 0 Å². The van der Waals surface area contributed by atoms with Gasteiger partial charge >= 0.3 is 6.18 Å². The Balaban J connectivity index is 1.88. The van der Waals surface area contributed by atoms with E-state index in [9.17, 15) is 13.2 Å². The lowest BCUT2D eigenvalue weighted by atomic mass is 9.70. The molecule has 1 aliphatic carbocycles. The van der Waals surface area contributed by atoms with Crippen LogP contribution in [0.1, 0.15) is 31.9 Å². The molecule has 108 valence electrons. The second-order valence-corrected chi connectivity index (χ2v) is 5.65. The molecule has 1 N–H and O–H groups in total. The first kappa shape index (κ1) is 13.2. The standard InChI is InChI=1S/C13H15F3N4/c1-12(3-2-4-12)8-18-11-9-7-10(13(14,15)16)19-20(9)6-5-17-11/h5-7H,2-4,8H2,1H3,(H,17,18). The first-order valence-corrected chi connectivity index (χ1v) is 6.53. The quantitative estimate of drug-likeness (QED) is 0.939. The van der Waals surface area contributed by atoms with E-state index in [2.05, 4.69) is 22.3 Å². The fourth-order valence-electron chi connectivity index (χ4n) is 2.45. The summed E-state index contributed by atoms with van der Waals surface area (Å²) in [5, 5.41) is 6.69. The summed E-state index contributed by atoms with van der Waals surface area (Å²) < 4.78 is 39.2. The number of hydrogen-bond donors (Lipinski definition) is 1. The van der Waals surface area contributed by atoms with Gasteiger partial charge in [0.05, 0.1) is 0 Å². The Morgan fingerprint density at radius 3 is 2.75 bits per heavy atom. The Hall–Kier alpha value is -1.79. The molecule has 1 fully saturated rings. The zero-order valence-corrected chi connectivity index (χ0v) is 11.0. The van der Waals surface area contributed by atoms with E-state index in [4.69, 9.17) is 0 Å². The molecule has 0 amide bonds. The minimum absolute atomic E-state index is 0.224. The van der Waals surface area contributed by atoms with E-state index in [-0.39, 0.29) is 5.41 Å². The summed E-state index contributed by atoms with van der Waals surface area (Å²) in [7, 11) is 0. The fraction of sp³-hybridized carbons (Fsp3) is 0.538. The molecule has 20 heavy (non-hydrogen) atoms. The van der Waals surface area contributed by atoms with Gasteiger partial charge in [-0.1, -0.05) is 13.3 Å². The van der Waals surface area contributed by atoms with Gasteiger partial charge in [-0.25, -0.2) is 9.50 Å². The molecule has 0 saturated heterocycles. The summed E-state index contributed by atoms with van der Waals surface area (Å²) in [6.45, 7) is 2.88. The molecule has 0 spiro atoms. The van der Waals surface area contributed by atoms with Crippen LogP contribution in [-0.2, 0) is 6.18 Å². The molecule has 0 bridgehead atoms. The van der Waals surface area contributed by atoms with Gasteiger partial charge in [0.25, 0.3) is 0 Å². The van der Waals surface area contributed by atoms with Crippen molar-refractivity contribution >= 4 is 11.3 Å². The summed E-state index contributed by atoms with van der Waals surface area (Å²) >= 11 is 0. The van der Waals surface area contributed by atoms with E-state index in [0.717, 1.165) is 18.9 Å². The maximum absolute atomic E-state index is 12.7. The third kappa shape index (κ3) is 2.32. The molecule has 0 unspecified atom stereocenters. The van der Waals surface area contributed by atoms with Crippen LogP contribution >= 0.6 is 0 Å². The van der Waals surface area contributed by atoms with Gasteiger partial charge in [-0.05, 0) is 18.3 Å². The first-order valence-electron chi connectivity index (χ1n) is 6.53. The van der Waals surface area contributed by atoms with Crippen LogP contribution in [0.4, 0.5) is 19.0 Å². The number of rotatable bonds is 3. The van der Waals surface area contributed by atoms with Gasteiger partial charge < -0.3 is 5.32 Å². The first-order chi connectivity index (χ1) is 9.37. The number of aromatic nitrogens is 3. The summed E-state index contributed by atoms with van der Waals surface area (Å²) in [5.41, 5.74) is -0.326. The number of halogens is 3. The van der Waals surface area contributed by atoms with E-state index >= 15 is 0 Å². The van der Waals surface area contributed by atoms with Gasteiger partial charge in [0, 0.05) is 25.0 Å². The van der Waals surface area contributed by atoms with Crippen LogP contribution in [0.3, 0.4) is 0 Å². The minimum Gasteiger partial charge on any atom is -0.368 e. The Bertz CT molecular complexity index is 628. The average Bonchev–Trinajstić information content (AvgIpc) is 2.78. The van der Waals surface area contributed by atoms with Gasteiger partial charge in [0.1, 0.15) is 5.52 Å². The SMILES string of the molecule is CC1(CNc2nccn3nc(C(F)(F)F)cc23)CCC1. The predicted octanol–water partition coefficient (Wildman–Crippen LogP) is 3.35. The lowest BCUT2D eigenvalue weighted by Crippen LogP contribution is -2.33. The number of nitrogens with one attached hydrogen (secondary N) is 1. The van der Waals surface area contributed by atoms with Crippen LogP contribution < -0.4 is 5.32 Å². The highest BCUT2D eigenvalue weighted by atomic mass is 19.4. The monoisotopic (exact) mass is 284 g/mol. The largest absolute Gasteiger partial charge is 0.435 e. The molecule has 1 saturated carbocycles. The Morgan fingerprint density at radius 2 is 2.15 bits per heavy atom. The zero-order chi connectivity index (χ0) is 14.4. The summed E-state index contributed by atoms with van der Waals surface area (Å²) in [6, 6.07) is 1.03. The van der Waals surface area contributed by atoms with Crippen molar-refractivity contribution in [2.45, 2.75) is 32.4 Å². The maximum atomic E-state index is 12.7. The highest BCUT2D eigenvalue weighted by Gasteiger charge is 2.35. The fourth-order valence-corrected chi connectivity index (χ4v) is 2.45. The van der Waals surface area contributed by atoms with Crippen molar-refractivity contribution in [1.29, 1.82) is 0 Å². The molecule has 3 rings (SSSR count). The van der Waals surface area contributed by atoms with Crippen LogP contribution in [0.15, 0.2) is 18.5 Å². The minimum atomic E-state index is -4.44. The van der Waals surface area contributed by atoms with Crippen LogP contribution in [0.2, 0.25) is 0 Å². The summed E-state index contributed by atoms with van der Waals surface area (Å²) in [6.07, 6.45) is 1.91. The molecular weight excluding hydrogens is 269 g/mol. The van der Waals surface area contributed by atoms with E-state index < -0.39 is 11.9 Å². The predicted molar refractivity (Wildman–Crippen MR) is 68.4 cm³/mol. The second-order valence-electron chi connectivity index (χ2n) is 5.65. The lowest BCUT2D eigenvalue weighted by Gasteiger charge is -2.38. The summed E-state index contributed by atoms with van der Waals surface area (Å²) in [5.74, 6) is 0.448. The molecule has 0 aliphatic heterocycles. The van der Waals surface area contributed by atoms with Crippen molar-refractivity contribution < 1.29 is 13.2 Å². The normalized spacial score (nSPS) is 18.0. The van der Waals surface area contributed by atoms with Crippen molar-refractivity contribution in [3.63, 3.8) is 0 Å². The molecule has 0 atom stereocenters. The number of anilines is 1. The molecule has 7 heteroatoms. The van der Waals surface area contributed by atoms with Gasteiger partial charge in [-0.3, -0.25) is 0 Å². The van der Waals surface area contributed by atoms with Crippen molar-refractivity contribution in [3.05, 3.63) is 24.2 Å². The third-order valence-corrected chi connectivity index (χ3v) is 3.92. The second kappa shape index (κ2) is 4.36. The van der Waals surface area contributed by atoms with Crippen molar-refractivity contribution in [2.24, 2.45) is 5.41 Å². The van der Waals surface area contributed by atoms with E-state index in [0.29, 0.717) is 17.9 Å². The van der Waals surface area contributed by atoms with Crippen LogP contribution in [0.25, 0.3) is 5.52 Å². The van der Waals surface area contributed by atoms with Gasteiger partial charge in [-0.15, -0.1) is 0 Å². The number of hydrogen-bond acceptors (Lipinski definition) is 3. The van der Waals surface area contributed by atoms with Crippen LogP contribution in [0.5, 0.6) is 0 Å². The third-order valence-electron chi connectivity index (χ3n) is 3.92. The molecular formula is C13H15F3N4. The van der Waals surface area contributed by atoms with E-state index in [1.165, 1.54) is 23.3 Å². The van der Waals surface area contributed by atoms with Crippen molar-refractivity contribution in [2.75, 3.05) is 11.9 Å². The van der Waals surface area contributed by atoms with Gasteiger partial charge in [0.2, 0.25) is 0 Å². The molecule has 0 radical (unpaired) electrons. The highest BCUT2D eigenvalue weighted by molar-refractivity contribution is 5.68. The van der Waals surface area contributed by atoms with Crippen molar-refractivity contribution in [1.82, 2.24) is 14.6 Å². The van der Waals surface area contributed by atoms with Gasteiger partial charge in [-0.2, -0.15) is 18.3 Å². The molecule has 4 nitrogen and oxygen atoms in total. The Labute approximate surface area is 114 Å².